The van der Waals surface area contributed by atoms with E-state index in [1.807, 2.05) is 0 Å². The van der Waals surface area contributed by atoms with Crippen LogP contribution < -0.4 is 0 Å². The SMILES string of the molecule is O=C(c1cc(F)ccc1Br)c1cccc(Br)c1F. The minimum absolute atomic E-state index is 0.0898. The van der Waals surface area contributed by atoms with Crippen molar-refractivity contribution in [3.05, 3.63) is 68.1 Å². The number of carbonyl (C=O) groups excluding carboxylic acids is 1. The first-order valence-electron chi connectivity index (χ1n) is 4.94. The molecule has 0 atom stereocenters. The van der Waals surface area contributed by atoms with Crippen molar-refractivity contribution in [1.29, 1.82) is 0 Å². The molecule has 0 aliphatic heterocycles. The van der Waals surface area contributed by atoms with Gasteiger partial charge in [-0.05, 0) is 46.3 Å². The van der Waals surface area contributed by atoms with Gasteiger partial charge in [0.2, 0.25) is 0 Å². The summed E-state index contributed by atoms with van der Waals surface area (Å²) in [4.78, 5) is 12.1. The smallest absolute Gasteiger partial charge is 0.197 e. The Morgan fingerprint density at radius 1 is 0.944 bits per heavy atom. The summed E-state index contributed by atoms with van der Waals surface area (Å²) in [7, 11) is 0. The largest absolute Gasteiger partial charge is 0.288 e. The van der Waals surface area contributed by atoms with Gasteiger partial charge in [0.05, 0.1) is 10.0 Å². The molecular weight excluding hydrogens is 370 g/mol. The standard InChI is InChI=1S/C13H6Br2F2O/c14-10-5-4-7(16)6-9(10)13(18)8-2-1-3-11(15)12(8)17/h1-6H. The summed E-state index contributed by atoms with van der Waals surface area (Å²) in [6.07, 6.45) is 0. The van der Waals surface area contributed by atoms with Gasteiger partial charge in [0.1, 0.15) is 11.6 Å². The van der Waals surface area contributed by atoms with Crippen LogP contribution in [0.3, 0.4) is 0 Å². The van der Waals surface area contributed by atoms with Crippen LogP contribution in [0.1, 0.15) is 15.9 Å². The first kappa shape index (κ1) is 13.4. The molecular formula is C13H6Br2F2O. The molecule has 5 heteroatoms. The van der Waals surface area contributed by atoms with Gasteiger partial charge in [-0.3, -0.25) is 4.79 Å². The van der Waals surface area contributed by atoms with E-state index >= 15 is 0 Å². The van der Waals surface area contributed by atoms with Gasteiger partial charge in [0, 0.05) is 10.0 Å². The monoisotopic (exact) mass is 374 g/mol. The Kier molecular flexibility index (Phi) is 3.92. The zero-order chi connectivity index (χ0) is 13.3. The third kappa shape index (κ3) is 2.52. The normalized spacial score (nSPS) is 10.4. The highest BCUT2D eigenvalue weighted by Crippen LogP contribution is 2.25. The number of carbonyl (C=O) groups is 1. The van der Waals surface area contributed by atoms with E-state index in [1.54, 1.807) is 6.07 Å². The maximum atomic E-state index is 13.8. The molecule has 0 amide bonds. The summed E-state index contributed by atoms with van der Waals surface area (Å²) < 4.78 is 27.5. The first-order chi connectivity index (χ1) is 8.50. The lowest BCUT2D eigenvalue weighted by atomic mass is 10.0. The summed E-state index contributed by atoms with van der Waals surface area (Å²) >= 11 is 6.16. The Morgan fingerprint density at radius 3 is 2.39 bits per heavy atom. The van der Waals surface area contributed by atoms with Crippen molar-refractivity contribution in [2.75, 3.05) is 0 Å². The first-order valence-corrected chi connectivity index (χ1v) is 6.53. The van der Waals surface area contributed by atoms with E-state index in [-0.39, 0.29) is 15.6 Å². The average Bonchev–Trinajstić information content (AvgIpc) is 2.35. The predicted octanol–water partition coefficient (Wildman–Crippen LogP) is 4.72. The molecule has 0 aromatic heterocycles. The van der Waals surface area contributed by atoms with Gasteiger partial charge < -0.3 is 0 Å². The molecule has 0 N–H and O–H groups in total. The molecule has 2 aromatic carbocycles. The van der Waals surface area contributed by atoms with Crippen LogP contribution in [0.4, 0.5) is 8.78 Å². The lowest BCUT2D eigenvalue weighted by Crippen LogP contribution is -2.06. The van der Waals surface area contributed by atoms with Crippen LogP contribution >= 0.6 is 31.9 Å². The molecule has 0 heterocycles. The second-order valence-electron chi connectivity index (χ2n) is 3.55. The van der Waals surface area contributed by atoms with Crippen LogP contribution in [-0.4, -0.2) is 5.78 Å². The molecule has 1 nitrogen and oxygen atoms in total. The van der Waals surface area contributed by atoms with Crippen molar-refractivity contribution in [1.82, 2.24) is 0 Å². The number of halogens is 4. The van der Waals surface area contributed by atoms with Gasteiger partial charge in [-0.1, -0.05) is 22.0 Å². The molecule has 0 saturated heterocycles. The fourth-order valence-corrected chi connectivity index (χ4v) is 2.29. The number of hydrogen-bond acceptors (Lipinski definition) is 1. The second kappa shape index (κ2) is 5.28. The highest BCUT2D eigenvalue weighted by Gasteiger charge is 2.18. The Balaban J connectivity index is 2.55. The number of rotatable bonds is 2. The van der Waals surface area contributed by atoms with E-state index in [2.05, 4.69) is 31.9 Å². The molecule has 0 aliphatic carbocycles. The van der Waals surface area contributed by atoms with Gasteiger partial charge in [-0.2, -0.15) is 0 Å². The summed E-state index contributed by atoms with van der Waals surface area (Å²) in [5.74, 6) is -1.77. The summed E-state index contributed by atoms with van der Waals surface area (Å²) in [5, 5.41) is 0. The van der Waals surface area contributed by atoms with Crippen molar-refractivity contribution in [2.24, 2.45) is 0 Å². The van der Waals surface area contributed by atoms with Crippen molar-refractivity contribution in [3.63, 3.8) is 0 Å². The molecule has 2 rings (SSSR count). The van der Waals surface area contributed by atoms with Crippen LogP contribution in [0, 0.1) is 11.6 Å². The van der Waals surface area contributed by atoms with E-state index < -0.39 is 17.4 Å². The molecule has 0 saturated carbocycles. The average molecular weight is 376 g/mol. The minimum atomic E-state index is -0.654. The van der Waals surface area contributed by atoms with Crippen LogP contribution in [0.5, 0.6) is 0 Å². The molecule has 0 spiro atoms. The van der Waals surface area contributed by atoms with Crippen LogP contribution in [0.25, 0.3) is 0 Å². The Labute approximate surface area is 119 Å². The number of ketones is 1. The van der Waals surface area contributed by atoms with Gasteiger partial charge in [0.15, 0.2) is 5.78 Å². The molecule has 18 heavy (non-hydrogen) atoms. The third-order valence-electron chi connectivity index (χ3n) is 2.37. The fourth-order valence-electron chi connectivity index (χ4n) is 1.50. The van der Waals surface area contributed by atoms with E-state index in [1.165, 1.54) is 24.3 Å². The lowest BCUT2D eigenvalue weighted by Gasteiger charge is -2.06. The van der Waals surface area contributed by atoms with E-state index in [0.29, 0.717) is 4.47 Å². The third-order valence-corrected chi connectivity index (χ3v) is 3.67. The van der Waals surface area contributed by atoms with E-state index in [4.69, 9.17) is 0 Å². The summed E-state index contributed by atoms with van der Waals surface area (Å²) in [6, 6.07) is 8.11. The van der Waals surface area contributed by atoms with Crippen molar-refractivity contribution in [2.45, 2.75) is 0 Å². The van der Waals surface area contributed by atoms with E-state index in [9.17, 15) is 13.6 Å². The van der Waals surface area contributed by atoms with Gasteiger partial charge in [-0.15, -0.1) is 0 Å². The highest BCUT2D eigenvalue weighted by atomic mass is 79.9. The minimum Gasteiger partial charge on any atom is -0.288 e. The molecule has 0 radical (unpaired) electrons. The topological polar surface area (TPSA) is 17.1 Å². The molecule has 0 bridgehead atoms. The quantitative estimate of drug-likeness (QED) is 0.694. The number of hydrogen-bond donors (Lipinski definition) is 0. The van der Waals surface area contributed by atoms with Crippen molar-refractivity contribution < 1.29 is 13.6 Å². The fraction of sp³-hybridized carbons (Fsp3) is 0. The van der Waals surface area contributed by atoms with Crippen LogP contribution in [0.15, 0.2) is 45.3 Å². The molecule has 0 aliphatic rings. The molecule has 2 aromatic rings. The molecule has 92 valence electrons. The zero-order valence-corrected chi connectivity index (χ0v) is 12.1. The van der Waals surface area contributed by atoms with Gasteiger partial charge in [0.25, 0.3) is 0 Å². The summed E-state index contributed by atoms with van der Waals surface area (Å²) in [5.41, 5.74) is -0.0114. The second-order valence-corrected chi connectivity index (χ2v) is 5.26. The zero-order valence-electron chi connectivity index (χ0n) is 8.88. The number of benzene rings is 2. The summed E-state index contributed by atoms with van der Waals surface area (Å²) in [6.45, 7) is 0. The Morgan fingerprint density at radius 2 is 1.67 bits per heavy atom. The maximum Gasteiger partial charge on any atom is 0.197 e. The van der Waals surface area contributed by atoms with Crippen LogP contribution in [-0.2, 0) is 0 Å². The van der Waals surface area contributed by atoms with Gasteiger partial charge >= 0.3 is 0 Å². The van der Waals surface area contributed by atoms with Crippen LogP contribution in [0.2, 0.25) is 0 Å². The predicted molar refractivity (Wildman–Crippen MR) is 71.6 cm³/mol. The Bertz CT molecular complexity index is 622. The molecule has 0 unspecified atom stereocenters. The van der Waals surface area contributed by atoms with Crippen molar-refractivity contribution in [3.8, 4) is 0 Å². The van der Waals surface area contributed by atoms with Gasteiger partial charge in [-0.25, -0.2) is 8.78 Å². The lowest BCUT2D eigenvalue weighted by molar-refractivity contribution is 0.103. The molecule has 0 fully saturated rings. The van der Waals surface area contributed by atoms with E-state index in [0.717, 1.165) is 6.07 Å². The van der Waals surface area contributed by atoms with Crippen molar-refractivity contribution >= 4 is 37.6 Å². The maximum absolute atomic E-state index is 13.8. The highest BCUT2D eigenvalue weighted by molar-refractivity contribution is 9.10. The Hall–Kier alpha value is -1.07.